The zero-order chi connectivity index (χ0) is 17.9. The molecule has 0 spiro atoms. The standard InChI is InChI=1S/C18H29FN4OS/c1-20-18(21-8-3-13-25-2)22-14-17(23-9-11-24-12-10-23)15-4-6-16(19)7-5-15/h4-7,17H,3,8-14H2,1-2H3,(H2,20,21,22). The van der Waals surface area contributed by atoms with Crippen LogP contribution >= 0.6 is 11.8 Å². The van der Waals surface area contributed by atoms with Crippen molar-refractivity contribution in [3.8, 4) is 0 Å². The summed E-state index contributed by atoms with van der Waals surface area (Å²) in [6.45, 7) is 4.85. The smallest absolute Gasteiger partial charge is 0.191 e. The van der Waals surface area contributed by atoms with Crippen LogP contribution in [0.1, 0.15) is 18.0 Å². The van der Waals surface area contributed by atoms with Crippen LogP contribution in [-0.2, 0) is 4.74 Å². The summed E-state index contributed by atoms with van der Waals surface area (Å²) in [5.74, 6) is 1.74. The van der Waals surface area contributed by atoms with Gasteiger partial charge in [0, 0.05) is 33.2 Å². The number of nitrogens with one attached hydrogen (secondary N) is 2. The van der Waals surface area contributed by atoms with E-state index < -0.39 is 0 Å². The fraction of sp³-hybridized carbons (Fsp3) is 0.611. The minimum Gasteiger partial charge on any atom is -0.379 e. The topological polar surface area (TPSA) is 48.9 Å². The van der Waals surface area contributed by atoms with Crippen molar-refractivity contribution < 1.29 is 9.13 Å². The van der Waals surface area contributed by atoms with Gasteiger partial charge in [-0.2, -0.15) is 11.8 Å². The number of nitrogens with zero attached hydrogens (tertiary/aromatic N) is 2. The largest absolute Gasteiger partial charge is 0.379 e. The van der Waals surface area contributed by atoms with Crippen LogP contribution < -0.4 is 10.6 Å². The van der Waals surface area contributed by atoms with Gasteiger partial charge in [0.1, 0.15) is 5.82 Å². The highest BCUT2D eigenvalue weighted by atomic mass is 32.2. The molecule has 140 valence electrons. The molecule has 25 heavy (non-hydrogen) atoms. The molecule has 0 aromatic heterocycles. The molecule has 1 heterocycles. The highest BCUT2D eigenvalue weighted by Gasteiger charge is 2.22. The van der Waals surface area contributed by atoms with Gasteiger partial charge in [0.25, 0.3) is 0 Å². The van der Waals surface area contributed by atoms with Gasteiger partial charge in [-0.15, -0.1) is 0 Å². The van der Waals surface area contributed by atoms with E-state index >= 15 is 0 Å². The summed E-state index contributed by atoms with van der Waals surface area (Å²) < 4.78 is 18.8. The van der Waals surface area contributed by atoms with Crippen LogP contribution in [0.15, 0.2) is 29.3 Å². The lowest BCUT2D eigenvalue weighted by Gasteiger charge is -2.35. The Morgan fingerprint density at radius 1 is 1.28 bits per heavy atom. The molecule has 0 saturated carbocycles. The molecule has 1 aromatic rings. The van der Waals surface area contributed by atoms with E-state index in [4.69, 9.17) is 4.74 Å². The van der Waals surface area contributed by atoms with Gasteiger partial charge < -0.3 is 15.4 Å². The van der Waals surface area contributed by atoms with E-state index in [9.17, 15) is 4.39 Å². The second-order valence-corrected chi connectivity index (χ2v) is 6.93. The first-order valence-electron chi connectivity index (χ1n) is 8.75. The molecule has 1 aliphatic heterocycles. The lowest BCUT2D eigenvalue weighted by Crippen LogP contribution is -2.46. The number of thioether (sulfide) groups is 1. The molecule has 1 aromatic carbocycles. The zero-order valence-corrected chi connectivity index (χ0v) is 15.9. The van der Waals surface area contributed by atoms with E-state index in [1.165, 1.54) is 12.1 Å². The van der Waals surface area contributed by atoms with Crippen molar-refractivity contribution in [3.63, 3.8) is 0 Å². The number of morpholine rings is 1. The van der Waals surface area contributed by atoms with E-state index in [0.29, 0.717) is 6.54 Å². The monoisotopic (exact) mass is 368 g/mol. The Kier molecular flexibility index (Phi) is 9.07. The van der Waals surface area contributed by atoms with Gasteiger partial charge in [-0.25, -0.2) is 4.39 Å². The van der Waals surface area contributed by atoms with Gasteiger partial charge in [-0.05, 0) is 36.1 Å². The second-order valence-electron chi connectivity index (χ2n) is 5.94. The molecule has 5 nitrogen and oxygen atoms in total. The number of ether oxygens (including phenoxy) is 1. The Balaban J connectivity index is 1.96. The van der Waals surface area contributed by atoms with E-state index in [1.807, 2.05) is 23.9 Å². The predicted molar refractivity (Wildman–Crippen MR) is 104 cm³/mol. The number of hydrogen-bond acceptors (Lipinski definition) is 4. The number of guanidine groups is 1. The van der Waals surface area contributed by atoms with Gasteiger partial charge in [0.2, 0.25) is 0 Å². The van der Waals surface area contributed by atoms with E-state index in [0.717, 1.165) is 56.5 Å². The van der Waals surface area contributed by atoms with Crippen LogP contribution in [0.4, 0.5) is 4.39 Å². The van der Waals surface area contributed by atoms with Crippen molar-refractivity contribution in [2.24, 2.45) is 4.99 Å². The third kappa shape index (κ3) is 6.84. The SMILES string of the molecule is CN=C(NCCCSC)NCC(c1ccc(F)cc1)N1CCOCC1. The Labute approximate surface area is 154 Å². The van der Waals surface area contributed by atoms with Crippen LogP contribution in [0.2, 0.25) is 0 Å². The Bertz CT molecular complexity index is 520. The average Bonchev–Trinajstić information content (AvgIpc) is 2.66. The van der Waals surface area contributed by atoms with Crippen LogP contribution in [0, 0.1) is 5.82 Å². The number of hydrogen-bond donors (Lipinski definition) is 2. The number of rotatable bonds is 8. The van der Waals surface area contributed by atoms with E-state index in [-0.39, 0.29) is 11.9 Å². The van der Waals surface area contributed by atoms with Crippen LogP contribution in [0.5, 0.6) is 0 Å². The van der Waals surface area contributed by atoms with Crippen LogP contribution in [0.3, 0.4) is 0 Å². The molecule has 1 unspecified atom stereocenters. The van der Waals surface area contributed by atoms with E-state index in [2.05, 4.69) is 26.8 Å². The third-order valence-corrected chi connectivity index (χ3v) is 4.94. The van der Waals surface area contributed by atoms with Gasteiger partial charge in [0.05, 0.1) is 19.3 Å². The van der Waals surface area contributed by atoms with Gasteiger partial charge in [0.15, 0.2) is 5.96 Å². The maximum absolute atomic E-state index is 13.3. The summed E-state index contributed by atoms with van der Waals surface area (Å²) in [7, 11) is 1.78. The summed E-state index contributed by atoms with van der Waals surface area (Å²) in [5.41, 5.74) is 1.11. The number of benzene rings is 1. The molecular formula is C18H29FN4OS. The lowest BCUT2D eigenvalue weighted by atomic mass is 10.0. The second kappa shape index (κ2) is 11.3. The molecular weight excluding hydrogens is 339 g/mol. The highest BCUT2D eigenvalue weighted by Crippen LogP contribution is 2.21. The van der Waals surface area contributed by atoms with Gasteiger partial charge >= 0.3 is 0 Å². The first-order chi connectivity index (χ1) is 12.2. The quantitative estimate of drug-likeness (QED) is 0.418. The summed E-state index contributed by atoms with van der Waals surface area (Å²) >= 11 is 1.85. The van der Waals surface area contributed by atoms with Gasteiger partial charge in [-0.3, -0.25) is 9.89 Å². The fourth-order valence-electron chi connectivity index (χ4n) is 2.87. The highest BCUT2D eigenvalue weighted by molar-refractivity contribution is 7.98. The van der Waals surface area contributed by atoms with Crippen molar-refractivity contribution in [1.29, 1.82) is 0 Å². The van der Waals surface area contributed by atoms with Crippen molar-refractivity contribution in [2.75, 3.05) is 58.4 Å². The third-order valence-electron chi connectivity index (χ3n) is 4.25. The summed E-state index contributed by atoms with van der Waals surface area (Å²) in [5, 5.41) is 6.76. The Morgan fingerprint density at radius 3 is 2.64 bits per heavy atom. The van der Waals surface area contributed by atoms with Crippen LogP contribution in [-0.4, -0.2) is 69.3 Å². The predicted octanol–water partition coefficient (Wildman–Crippen LogP) is 2.12. The summed E-state index contributed by atoms with van der Waals surface area (Å²) in [6, 6.07) is 6.95. The minimum atomic E-state index is -0.205. The zero-order valence-electron chi connectivity index (χ0n) is 15.1. The van der Waals surface area contributed by atoms with Crippen LogP contribution in [0.25, 0.3) is 0 Å². The summed E-state index contributed by atoms with van der Waals surface area (Å²) in [4.78, 5) is 6.67. The number of aliphatic imine (C=N–C) groups is 1. The molecule has 0 aliphatic carbocycles. The molecule has 2 rings (SSSR count). The lowest BCUT2D eigenvalue weighted by molar-refractivity contribution is 0.0170. The van der Waals surface area contributed by atoms with Crippen molar-refractivity contribution in [3.05, 3.63) is 35.6 Å². The first-order valence-corrected chi connectivity index (χ1v) is 10.1. The molecule has 2 N–H and O–H groups in total. The molecule has 0 bridgehead atoms. The fourth-order valence-corrected chi connectivity index (χ4v) is 3.30. The average molecular weight is 369 g/mol. The maximum Gasteiger partial charge on any atom is 0.191 e. The minimum absolute atomic E-state index is 0.161. The van der Waals surface area contributed by atoms with Crippen molar-refractivity contribution >= 4 is 17.7 Å². The summed E-state index contributed by atoms with van der Waals surface area (Å²) in [6.07, 6.45) is 3.22. The Hall–Kier alpha value is -1.31. The Morgan fingerprint density at radius 2 is 2.00 bits per heavy atom. The van der Waals surface area contributed by atoms with Crippen molar-refractivity contribution in [2.45, 2.75) is 12.5 Å². The van der Waals surface area contributed by atoms with Gasteiger partial charge in [-0.1, -0.05) is 12.1 Å². The molecule has 7 heteroatoms. The van der Waals surface area contributed by atoms with Crippen molar-refractivity contribution in [1.82, 2.24) is 15.5 Å². The molecule has 1 saturated heterocycles. The molecule has 1 atom stereocenters. The molecule has 0 amide bonds. The normalized spacial score (nSPS) is 17.3. The molecule has 1 fully saturated rings. The first kappa shape index (κ1) is 20.0. The van der Waals surface area contributed by atoms with E-state index in [1.54, 1.807) is 7.05 Å². The number of halogens is 1. The molecule has 0 radical (unpaired) electrons. The maximum atomic E-state index is 13.3. The molecule has 1 aliphatic rings.